The number of carbonyl (C=O) groups excluding carboxylic acids is 1. The van der Waals surface area contributed by atoms with Gasteiger partial charge < -0.3 is 0 Å². The number of amides is 1. The number of aryl methyl sites for hydroxylation is 1. The highest BCUT2D eigenvalue weighted by molar-refractivity contribution is 5.88. The second-order valence-electron chi connectivity index (χ2n) is 8.13. The second kappa shape index (κ2) is 5.46. The Kier molecular flexibility index (Phi) is 3.26. The van der Waals surface area contributed by atoms with Gasteiger partial charge in [-0.25, -0.2) is 5.01 Å². The van der Waals surface area contributed by atoms with Gasteiger partial charge in [0.05, 0.1) is 34.8 Å². The summed E-state index contributed by atoms with van der Waals surface area (Å²) in [4.78, 5) is 21.9. The standard InChI is InChI=1S/C19H19N7O/c1-13-5-21-7-15(24-13)16-2-3-22-26(16)17(27)19-9-18(10-19,11-19)12-25-8-14(4-20)6-23-25/h3,5-8,16H,2,9-12H2,1H3. The van der Waals surface area contributed by atoms with Gasteiger partial charge in [0.2, 0.25) is 5.91 Å². The number of aromatic nitrogens is 4. The van der Waals surface area contributed by atoms with Crippen LogP contribution in [0.15, 0.2) is 29.9 Å². The number of carbonyl (C=O) groups is 1. The molecule has 0 saturated heterocycles. The molecule has 1 unspecified atom stereocenters. The van der Waals surface area contributed by atoms with E-state index in [1.54, 1.807) is 36.0 Å². The third-order valence-electron chi connectivity index (χ3n) is 6.01. The fourth-order valence-corrected chi connectivity index (χ4v) is 4.99. The summed E-state index contributed by atoms with van der Waals surface area (Å²) in [6.07, 6.45) is 11.8. The van der Waals surface area contributed by atoms with Crippen molar-refractivity contribution in [3.63, 3.8) is 0 Å². The van der Waals surface area contributed by atoms with Gasteiger partial charge in [0.25, 0.3) is 0 Å². The van der Waals surface area contributed by atoms with E-state index in [0.717, 1.165) is 37.2 Å². The lowest BCUT2D eigenvalue weighted by atomic mass is 9.34. The lowest BCUT2D eigenvalue weighted by Crippen LogP contribution is -2.68. The molecule has 1 aliphatic heterocycles. The molecule has 0 spiro atoms. The van der Waals surface area contributed by atoms with Gasteiger partial charge in [-0.05, 0) is 31.6 Å². The molecule has 0 radical (unpaired) electrons. The molecule has 2 aromatic heterocycles. The van der Waals surface area contributed by atoms with E-state index in [-0.39, 0.29) is 22.8 Å². The summed E-state index contributed by atoms with van der Waals surface area (Å²) in [6.45, 7) is 2.66. The van der Waals surface area contributed by atoms with Gasteiger partial charge in [-0.1, -0.05) is 0 Å². The van der Waals surface area contributed by atoms with Gasteiger partial charge >= 0.3 is 0 Å². The van der Waals surface area contributed by atoms with E-state index in [2.05, 4.69) is 26.2 Å². The summed E-state index contributed by atoms with van der Waals surface area (Å²) in [6, 6.07) is 1.94. The highest BCUT2D eigenvalue weighted by Gasteiger charge is 2.72. The Morgan fingerprint density at radius 3 is 2.85 bits per heavy atom. The van der Waals surface area contributed by atoms with Gasteiger partial charge in [0.15, 0.2) is 0 Å². The SMILES string of the molecule is Cc1cncc(C2CC=NN2C(=O)C23CC(Cn4cc(C#N)cn4)(C2)C3)n1. The molecule has 8 nitrogen and oxygen atoms in total. The van der Waals surface area contributed by atoms with Crippen molar-refractivity contribution in [2.45, 2.75) is 45.2 Å². The molecule has 1 atom stereocenters. The topological polar surface area (TPSA) is 100 Å². The molecule has 3 heterocycles. The Labute approximate surface area is 156 Å². The van der Waals surface area contributed by atoms with E-state index in [4.69, 9.17) is 5.26 Å². The Morgan fingerprint density at radius 1 is 1.33 bits per heavy atom. The van der Waals surface area contributed by atoms with Crippen LogP contribution in [0.3, 0.4) is 0 Å². The molecule has 27 heavy (non-hydrogen) atoms. The van der Waals surface area contributed by atoms with Crippen LogP contribution in [0.5, 0.6) is 0 Å². The zero-order valence-electron chi connectivity index (χ0n) is 15.0. The molecule has 4 aliphatic rings. The van der Waals surface area contributed by atoms with Crippen molar-refractivity contribution in [3.8, 4) is 6.07 Å². The average Bonchev–Trinajstić information content (AvgIpc) is 3.25. The number of rotatable bonds is 4. The molecule has 2 aromatic rings. The van der Waals surface area contributed by atoms with Gasteiger partial charge in [-0.15, -0.1) is 0 Å². The smallest absolute Gasteiger partial charge is 0.249 e. The quantitative estimate of drug-likeness (QED) is 0.829. The minimum atomic E-state index is -0.289. The summed E-state index contributed by atoms with van der Waals surface area (Å²) in [5.41, 5.74) is 2.05. The van der Waals surface area contributed by atoms with Crippen molar-refractivity contribution in [1.29, 1.82) is 5.26 Å². The lowest BCUT2D eigenvalue weighted by molar-refractivity contribution is -0.223. The largest absolute Gasteiger partial charge is 0.272 e. The third kappa shape index (κ3) is 2.38. The molecule has 3 fully saturated rings. The fourth-order valence-electron chi connectivity index (χ4n) is 4.99. The lowest BCUT2D eigenvalue weighted by Gasteiger charge is -2.69. The predicted molar refractivity (Wildman–Crippen MR) is 95.1 cm³/mol. The van der Waals surface area contributed by atoms with Crippen molar-refractivity contribution in [3.05, 3.63) is 41.7 Å². The van der Waals surface area contributed by atoms with E-state index < -0.39 is 0 Å². The molecule has 1 amide bonds. The Hall–Kier alpha value is -3.08. The van der Waals surface area contributed by atoms with Crippen molar-refractivity contribution in [2.75, 3.05) is 0 Å². The summed E-state index contributed by atoms with van der Waals surface area (Å²) in [5.74, 6) is 0.101. The molecule has 8 heteroatoms. The molecular weight excluding hydrogens is 342 g/mol. The molecule has 3 aliphatic carbocycles. The minimum Gasteiger partial charge on any atom is -0.272 e. The predicted octanol–water partition coefficient (Wildman–Crippen LogP) is 1.98. The van der Waals surface area contributed by atoms with Crippen LogP contribution >= 0.6 is 0 Å². The third-order valence-corrected chi connectivity index (χ3v) is 6.01. The van der Waals surface area contributed by atoms with Gasteiger partial charge in [-0.3, -0.25) is 19.4 Å². The number of hydrazone groups is 1. The van der Waals surface area contributed by atoms with Crippen molar-refractivity contribution in [1.82, 2.24) is 24.8 Å². The summed E-state index contributed by atoms with van der Waals surface area (Å²) in [7, 11) is 0. The number of hydrogen-bond acceptors (Lipinski definition) is 6. The van der Waals surface area contributed by atoms with Crippen molar-refractivity contribution >= 4 is 12.1 Å². The number of nitrogens with zero attached hydrogens (tertiary/aromatic N) is 7. The highest BCUT2D eigenvalue weighted by Crippen LogP contribution is 2.74. The Balaban J connectivity index is 1.28. The maximum Gasteiger partial charge on any atom is 0.249 e. The Bertz CT molecular complexity index is 982. The van der Waals surface area contributed by atoms with Crippen LogP contribution < -0.4 is 0 Å². The van der Waals surface area contributed by atoms with E-state index >= 15 is 0 Å². The summed E-state index contributed by atoms with van der Waals surface area (Å²) >= 11 is 0. The van der Waals surface area contributed by atoms with Gasteiger partial charge in [0, 0.05) is 31.6 Å². The number of hydrogen-bond donors (Lipinski definition) is 0. The highest BCUT2D eigenvalue weighted by atomic mass is 16.2. The minimum absolute atomic E-state index is 0.101. The first-order valence-corrected chi connectivity index (χ1v) is 9.10. The second-order valence-corrected chi connectivity index (χ2v) is 8.13. The zero-order valence-corrected chi connectivity index (χ0v) is 15.0. The van der Waals surface area contributed by atoms with Crippen molar-refractivity contribution in [2.24, 2.45) is 15.9 Å². The van der Waals surface area contributed by atoms with E-state index in [0.29, 0.717) is 12.0 Å². The fraction of sp³-hybridized carbons (Fsp3) is 0.474. The first-order valence-electron chi connectivity index (χ1n) is 9.10. The van der Waals surface area contributed by atoms with Crippen LogP contribution in [0.4, 0.5) is 0 Å². The normalized spacial score (nSPS) is 30.5. The van der Waals surface area contributed by atoms with Gasteiger partial charge in [-0.2, -0.15) is 15.5 Å². The van der Waals surface area contributed by atoms with E-state index in [9.17, 15) is 4.79 Å². The maximum atomic E-state index is 13.2. The first-order chi connectivity index (χ1) is 13.0. The monoisotopic (exact) mass is 361 g/mol. The van der Waals surface area contributed by atoms with Crippen LogP contribution in [0.25, 0.3) is 0 Å². The van der Waals surface area contributed by atoms with E-state index in [1.165, 1.54) is 0 Å². The zero-order chi connectivity index (χ0) is 18.6. The van der Waals surface area contributed by atoms with Crippen LogP contribution in [-0.2, 0) is 11.3 Å². The van der Waals surface area contributed by atoms with Crippen LogP contribution in [0.2, 0.25) is 0 Å². The molecule has 0 aromatic carbocycles. The van der Waals surface area contributed by atoms with Crippen LogP contribution in [0, 0.1) is 29.1 Å². The van der Waals surface area contributed by atoms with Crippen molar-refractivity contribution < 1.29 is 4.79 Å². The van der Waals surface area contributed by atoms with Gasteiger partial charge in [0.1, 0.15) is 12.1 Å². The Morgan fingerprint density at radius 2 is 2.15 bits per heavy atom. The van der Waals surface area contributed by atoms with Crippen LogP contribution in [-0.4, -0.2) is 36.9 Å². The molecule has 0 N–H and O–H groups in total. The summed E-state index contributed by atoms with van der Waals surface area (Å²) < 4.78 is 1.82. The first kappa shape index (κ1) is 16.1. The average molecular weight is 361 g/mol. The number of nitriles is 1. The molecular formula is C19H19N7O. The molecule has 136 valence electrons. The summed E-state index contributed by atoms with van der Waals surface area (Å²) in [5, 5.41) is 19.1. The van der Waals surface area contributed by atoms with Crippen LogP contribution in [0.1, 0.15) is 48.7 Å². The molecule has 3 saturated carbocycles. The van der Waals surface area contributed by atoms with E-state index in [1.807, 2.05) is 11.6 Å². The molecule has 2 bridgehead atoms. The maximum absolute atomic E-state index is 13.2. The molecule has 6 rings (SSSR count).